The first-order chi connectivity index (χ1) is 34.0. The van der Waals surface area contributed by atoms with Gasteiger partial charge in [0.1, 0.15) is 55.4 Å². The smallest absolute Gasteiger partial charge is 0.306 e. The van der Waals surface area contributed by atoms with Crippen LogP contribution in [0, 0.1) is 0 Å². The molecule has 15 heteroatoms. The zero-order valence-electron chi connectivity index (χ0n) is 42.7. The van der Waals surface area contributed by atoms with Crippen molar-refractivity contribution >= 4 is 11.9 Å². The average molecular weight is 995 g/mol. The van der Waals surface area contributed by atoms with E-state index in [1.165, 1.54) is 70.6 Å². The molecule has 4 unspecified atom stereocenters. The molecule has 0 saturated carbocycles. The highest BCUT2D eigenvalue weighted by atomic mass is 16.7. The van der Waals surface area contributed by atoms with E-state index in [1.807, 2.05) is 0 Å². The predicted octanol–water partition coefficient (Wildman–Crippen LogP) is 8.05. The number of hydrogen-bond donors (Lipinski definition) is 7. The van der Waals surface area contributed by atoms with Gasteiger partial charge in [0.05, 0.1) is 19.8 Å². The van der Waals surface area contributed by atoms with Gasteiger partial charge in [-0.25, -0.2) is 0 Å². The first-order valence-electron chi connectivity index (χ1n) is 26.9. The zero-order chi connectivity index (χ0) is 51.0. The first-order valence-corrected chi connectivity index (χ1v) is 26.9. The van der Waals surface area contributed by atoms with E-state index in [0.717, 1.165) is 70.6 Å². The highest BCUT2D eigenvalue weighted by molar-refractivity contribution is 5.70. The van der Waals surface area contributed by atoms with Gasteiger partial charge in [0.2, 0.25) is 0 Å². The van der Waals surface area contributed by atoms with Crippen molar-refractivity contribution in [2.24, 2.45) is 0 Å². The molecule has 2 heterocycles. The van der Waals surface area contributed by atoms with Gasteiger partial charge in [-0.1, -0.05) is 145 Å². The van der Waals surface area contributed by atoms with Crippen molar-refractivity contribution in [3.8, 4) is 0 Å². The van der Waals surface area contributed by atoms with Crippen LogP contribution < -0.4 is 0 Å². The standard InChI is InChI=1S/C55H94O15/c1-3-5-7-9-11-13-15-17-19-20-21-22-24-26-28-30-32-34-36-38-47(58)68-43(40-65-46(57)37-35-33-31-29-27-25-23-18-16-14-12-10-8-6-4-2)41-66-54-53(64)51(62)49(60)45(70-54)42-67-55-52(63)50(61)48(59)44(39-56)69-55/h11,13,17,19,21-22,25-28,43-45,48-56,59-64H,3-10,12,14-16,18,20,23-24,29-42H2,1-2H3/b13-11+,19-17+,22-21+,27-25+,28-26+/t43-,44+,45+,48-,49-,50?,51?,52?,53?,54+,55+/m1/s1. The molecular weight excluding hydrogens is 901 g/mol. The van der Waals surface area contributed by atoms with Crippen LogP contribution in [0.25, 0.3) is 0 Å². The fraction of sp³-hybridized carbons (Fsp3) is 0.782. The second-order valence-corrected chi connectivity index (χ2v) is 18.7. The Morgan fingerprint density at radius 1 is 0.457 bits per heavy atom. The quantitative estimate of drug-likeness (QED) is 0.0175. The van der Waals surface area contributed by atoms with Gasteiger partial charge in [0, 0.05) is 12.8 Å². The molecular formula is C55H94O15. The number of aliphatic hydroxyl groups excluding tert-OH is 7. The van der Waals surface area contributed by atoms with Gasteiger partial charge < -0.3 is 64.2 Å². The Kier molecular flexibility index (Phi) is 37.7. The molecule has 404 valence electrons. The Morgan fingerprint density at radius 2 is 0.857 bits per heavy atom. The number of hydrogen-bond acceptors (Lipinski definition) is 15. The van der Waals surface area contributed by atoms with Crippen LogP contribution in [0.3, 0.4) is 0 Å². The predicted molar refractivity (Wildman–Crippen MR) is 270 cm³/mol. The summed E-state index contributed by atoms with van der Waals surface area (Å²) in [6.07, 6.45) is 31.0. The molecule has 2 aliphatic heterocycles. The van der Waals surface area contributed by atoms with Gasteiger partial charge in [0.15, 0.2) is 18.7 Å². The lowest BCUT2D eigenvalue weighted by molar-refractivity contribution is -0.332. The van der Waals surface area contributed by atoms with Crippen molar-refractivity contribution < 1.29 is 73.8 Å². The Labute approximate surface area is 420 Å². The molecule has 0 radical (unpaired) electrons. The molecule has 7 N–H and O–H groups in total. The van der Waals surface area contributed by atoms with Gasteiger partial charge in [-0.15, -0.1) is 0 Å². The summed E-state index contributed by atoms with van der Waals surface area (Å²) < 4.78 is 33.6. The molecule has 0 aromatic rings. The summed E-state index contributed by atoms with van der Waals surface area (Å²) in [5.41, 5.74) is 0. The van der Waals surface area contributed by atoms with Crippen molar-refractivity contribution in [3.63, 3.8) is 0 Å². The van der Waals surface area contributed by atoms with E-state index < -0.39 is 99.3 Å². The summed E-state index contributed by atoms with van der Waals surface area (Å²) in [4.78, 5) is 25.8. The number of unbranched alkanes of at least 4 members (excludes halogenated alkanes) is 17. The number of carbonyl (C=O) groups is 2. The molecule has 2 aliphatic rings. The van der Waals surface area contributed by atoms with Crippen LogP contribution in [0.4, 0.5) is 0 Å². The van der Waals surface area contributed by atoms with E-state index in [4.69, 9.17) is 28.4 Å². The van der Waals surface area contributed by atoms with E-state index in [1.54, 1.807) is 0 Å². The second kappa shape index (κ2) is 41.6. The number of rotatable bonds is 41. The molecule has 11 atom stereocenters. The van der Waals surface area contributed by atoms with Crippen LogP contribution in [0.1, 0.15) is 181 Å². The van der Waals surface area contributed by atoms with Crippen molar-refractivity contribution in [1.29, 1.82) is 0 Å². The minimum absolute atomic E-state index is 0.122. The number of aliphatic hydroxyl groups is 7. The zero-order valence-corrected chi connectivity index (χ0v) is 42.7. The molecule has 70 heavy (non-hydrogen) atoms. The van der Waals surface area contributed by atoms with Crippen LogP contribution in [0.2, 0.25) is 0 Å². The Balaban J connectivity index is 1.82. The van der Waals surface area contributed by atoms with Gasteiger partial charge in [-0.2, -0.15) is 0 Å². The van der Waals surface area contributed by atoms with Crippen LogP contribution in [0.5, 0.6) is 0 Å². The summed E-state index contributed by atoms with van der Waals surface area (Å²) in [5, 5.41) is 72.1. The van der Waals surface area contributed by atoms with E-state index in [9.17, 15) is 45.3 Å². The number of ether oxygens (including phenoxy) is 6. The van der Waals surface area contributed by atoms with E-state index in [2.05, 4.69) is 74.6 Å². The summed E-state index contributed by atoms with van der Waals surface area (Å²) in [6, 6.07) is 0. The van der Waals surface area contributed by atoms with E-state index in [-0.39, 0.29) is 19.4 Å². The highest BCUT2D eigenvalue weighted by Crippen LogP contribution is 2.26. The van der Waals surface area contributed by atoms with Crippen LogP contribution in [0.15, 0.2) is 60.8 Å². The fourth-order valence-electron chi connectivity index (χ4n) is 8.02. The SMILES string of the molecule is CCCCC/C=C/C/C=C/C/C=C/C/C=C/CCCCCC(=O)O[C@H](COC(=O)CCCCC/C=C/CCCCCCCCCC)CO[C@H]1O[C@@H](CO[C@H]2O[C@@H](CO)[C@@H](O)C(O)C2O)[C@@H](O)C(O)C1O. The summed E-state index contributed by atoms with van der Waals surface area (Å²) in [5.74, 6) is -0.981. The average Bonchev–Trinajstić information content (AvgIpc) is 3.35. The minimum atomic E-state index is -1.78. The van der Waals surface area contributed by atoms with Crippen LogP contribution in [-0.4, -0.2) is 142 Å². The number of esters is 2. The minimum Gasteiger partial charge on any atom is -0.462 e. The maximum Gasteiger partial charge on any atom is 0.306 e. The molecule has 0 aromatic heterocycles. The van der Waals surface area contributed by atoms with Crippen molar-refractivity contribution in [2.75, 3.05) is 26.4 Å². The molecule has 0 aromatic carbocycles. The van der Waals surface area contributed by atoms with Crippen molar-refractivity contribution in [2.45, 2.75) is 248 Å². The molecule has 15 nitrogen and oxygen atoms in total. The second-order valence-electron chi connectivity index (χ2n) is 18.7. The largest absolute Gasteiger partial charge is 0.462 e. The number of carbonyl (C=O) groups excluding carboxylic acids is 2. The maximum atomic E-state index is 13.0. The third kappa shape index (κ3) is 29.0. The molecule has 0 spiro atoms. The molecule has 0 bridgehead atoms. The van der Waals surface area contributed by atoms with Crippen LogP contribution >= 0.6 is 0 Å². The molecule has 0 amide bonds. The van der Waals surface area contributed by atoms with Gasteiger partial charge in [-0.3, -0.25) is 9.59 Å². The Bertz CT molecular complexity index is 1450. The third-order valence-corrected chi connectivity index (χ3v) is 12.5. The normalized spacial score (nSPS) is 25.8. The summed E-state index contributed by atoms with van der Waals surface area (Å²) >= 11 is 0. The van der Waals surface area contributed by atoms with Gasteiger partial charge in [0.25, 0.3) is 0 Å². The number of allylic oxidation sites excluding steroid dienone is 10. The maximum absolute atomic E-state index is 13.0. The molecule has 0 aliphatic carbocycles. The lowest BCUT2D eigenvalue weighted by Gasteiger charge is -2.42. The van der Waals surface area contributed by atoms with E-state index >= 15 is 0 Å². The topological polar surface area (TPSA) is 231 Å². The molecule has 2 saturated heterocycles. The van der Waals surface area contributed by atoms with Gasteiger partial charge >= 0.3 is 11.9 Å². The fourth-order valence-corrected chi connectivity index (χ4v) is 8.02. The monoisotopic (exact) mass is 995 g/mol. The summed E-state index contributed by atoms with van der Waals surface area (Å²) in [7, 11) is 0. The Morgan fingerprint density at radius 3 is 1.39 bits per heavy atom. The lowest BCUT2D eigenvalue weighted by Crippen LogP contribution is -2.61. The Hall–Kier alpha value is -2.80. The van der Waals surface area contributed by atoms with E-state index in [0.29, 0.717) is 12.8 Å². The molecule has 2 fully saturated rings. The van der Waals surface area contributed by atoms with Crippen molar-refractivity contribution in [1.82, 2.24) is 0 Å². The molecule has 2 rings (SSSR count). The third-order valence-electron chi connectivity index (χ3n) is 12.5. The summed E-state index contributed by atoms with van der Waals surface area (Å²) in [6.45, 7) is 2.51. The van der Waals surface area contributed by atoms with Gasteiger partial charge in [-0.05, 0) is 83.5 Å². The van der Waals surface area contributed by atoms with Crippen molar-refractivity contribution in [3.05, 3.63) is 60.8 Å². The first kappa shape index (κ1) is 63.3. The van der Waals surface area contributed by atoms with Crippen LogP contribution in [-0.2, 0) is 38.0 Å². The highest BCUT2D eigenvalue weighted by Gasteiger charge is 2.47. The lowest BCUT2D eigenvalue weighted by atomic mass is 9.98.